The Hall–Kier alpha value is -2.06. The Morgan fingerprint density at radius 2 is 2.05 bits per heavy atom. The largest absolute Gasteiger partial charge is 0.379 e. The summed E-state index contributed by atoms with van der Waals surface area (Å²) in [6.45, 7) is 2.56. The fourth-order valence-electron chi connectivity index (χ4n) is 2.81. The average molecular weight is 303 g/mol. The molecule has 8 heteroatoms. The van der Waals surface area contributed by atoms with Crippen LogP contribution in [0.1, 0.15) is 17.2 Å². The second-order valence-electron chi connectivity index (χ2n) is 5.76. The molecule has 0 saturated carbocycles. The van der Waals surface area contributed by atoms with Crippen LogP contribution in [0.3, 0.4) is 0 Å². The molecule has 3 heterocycles. The van der Waals surface area contributed by atoms with Crippen molar-refractivity contribution in [1.29, 1.82) is 0 Å². The molecular weight excluding hydrogens is 282 g/mol. The van der Waals surface area contributed by atoms with Gasteiger partial charge < -0.3 is 9.64 Å². The van der Waals surface area contributed by atoms with Gasteiger partial charge in [-0.3, -0.25) is 4.90 Å². The zero-order chi connectivity index (χ0) is 15.5. The first-order chi connectivity index (χ1) is 10.7. The number of hydrogen-bond acceptors (Lipinski definition) is 7. The molecule has 0 radical (unpaired) electrons. The zero-order valence-electron chi connectivity index (χ0n) is 13.1. The maximum Gasteiger partial charge on any atom is 0.224 e. The van der Waals surface area contributed by atoms with Crippen LogP contribution in [0.4, 0.5) is 5.95 Å². The molecule has 3 rings (SSSR count). The highest BCUT2D eigenvalue weighted by atomic mass is 16.5. The summed E-state index contributed by atoms with van der Waals surface area (Å²) in [6.07, 6.45) is 5.67. The smallest absolute Gasteiger partial charge is 0.224 e. The minimum absolute atomic E-state index is 0.132. The summed E-state index contributed by atoms with van der Waals surface area (Å²) in [4.78, 5) is 12.9. The van der Waals surface area contributed by atoms with Gasteiger partial charge in [-0.05, 0) is 0 Å². The van der Waals surface area contributed by atoms with Crippen molar-refractivity contribution in [1.82, 2.24) is 30.3 Å². The van der Waals surface area contributed by atoms with E-state index in [9.17, 15) is 0 Å². The molecule has 118 valence electrons. The van der Waals surface area contributed by atoms with Crippen molar-refractivity contribution < 1.29 is 4.74 Å². The summed E-state index contributed by atoms with van der Waals surface area (Å²) in [5, 5.41) is 10.8. The minimum Gasteiger partial charge on any atom is -0.379 e. The average Bonchev–Trinajstić information content (AvgIpc) is 3.16. The highest BCUT2D eigenvalue weighted by Crippen LogP contribution is 2.28. The van der Waals surface area contributed by atoms with Gasteiger partial charge in [0.15, 0.2) is 0 Å². The molecule has 1 fully saturated rings. The van der Waals surface area contributed by atoms with Crippen LogP contribution in [0.15, 0.2) is 18.6 Å². The van der Waals surface area contributed by atoms with Crippen LogP contribution in [-0.4, -0.2) is 70.7 Å². The summed E-state index contributed by atoms with van der Waals surface area (Å²) < 4.78 is 5.60. The summed E-state index contributed by atoms with van der Waals surface area (Å²) in [5.41, 5.74) is 2.05. The van der Waals surface area contributed by atoms with Gasteiger partial charge in [0, 0.05) is 64.7 Å². The summed E-state index contributed by atoms with van der Waals surface area (Å²) >= 11 is 0. The number of aromatic amines is 1. The van der Waals surface area contributed by atoms with Crippen molar-refractivity contribution in [2.75, 3.05) is 39.2 Å². The van der Waals surface area contributed by atoms with Crippen LogP contribution in [0.25, 0.3) is 0 Å². The standard InChI is InChI=1S/C14H21N7O/c1-20(2)14-15-4-10(5-16-14)7-21-8-11(13(9-21)22-3)12-6-17-19-18-12/h4-6,11,13H,7-9H2,1-3H3,(H,17,18,19)/t11-,13+/m0/s1. The first-order valence-electron chi connectivity index (χ1n) is 7.26. The number of rotatable bonds is 5. The Kier molecular flexibility index (Phi) is 4.30. The molecular formula is C14H21N7O. The van der Waals surface area contributed by atoms with E-state index in [1.165, 1.54) is 0 Å². The van der Waals surface area contributed by atoms with E-state index in [-0.39, 0.29) is 12.0 Å². The van der Waals surface area contributed by atoms with E-state index >= 15 is 0 Å². The van der Waals surface area contributed by atoms with Crippen molar-refractivity contribution in [2.24, 2.45) is 0 Å². The van der Waals surface area contributed by atoms with Crippen molar-refractivity contribution in [3.63, 3.8) is 0 Å². The van der Waals surface area contributed by atoms with Gasteiger partial charge in [0.05, 0.1) is 18.0 Å². The monoisotopic (exact) mass is 303 g/mol. The molecule has 0 aromatic carbocycles. The second kappa shape index (κ2) is 6.37. The zero-order valence-corrected chi connectivity index (χ0v) is 13.1. The van der Waals surface area contributed by atoms with E-state index in [1.54, 1.807) is 13.3 Å². The van der Waals surface area contributed by atoms with Crippen molar-refractivity contribution in [3.05, 3.63) is 29.8 Å². The first-order valence-corrected chi connectivity index (χ1v) is 7.26. The molecule has 1 aliphatic heterocycles. The number of nitrogens with one attached hydrogen (secondary N) is 1. The van der Waals surface area contributed by atoms with E-state index < -0.39 is 0 Å². The number of ether oxygens (including phenoxy) is 1. The second-order valence-corrected chi connectivity index (χ2v) is 5.76. The molecule has 1 N–H and O–H groups in total. The van der Waals surface area contributed by atoms with Crippen LogP contribution in [0, 0.1) is 0 Å². The Morgan fingerprint density at radius 1 is 1.27 bits per heavy atom. The van der Waals surface area contributed by atoms with Gasteiger partial charge in [-0.1, -0.05) is 0 Å². The molecule has 0 amide bonds. The van der Waals surface area contributed by atoms with Crippen LogP contribution < -0.4 is 4.90 Å². The van der Waals surface area contributed by atoms with Gasteiger partial charge in [0.25, 0.3) is 0 Å². The highest BCUT2D eigenvalue weighted by Gasteiger charge is 2.35. The van der Waals surface area contributed by atoms with E-state index in [0.717, 1.165) is 36.8 Å². The molecule has 0 aliphatic carbocycles. The van der Waals surface area contributed by atoms with Gasteiger partial charge in [-0.2, -0.15) is 15.4 Å². The normalized spacial score (nSPS) is 22.1. The predicted octanol–water partition coefficient (Wildman–Crippen LogP) is 0.275. The summed E-state index contributed by atoms with van der Waals surface area (Å²) in [5.74, 6) is 0.964. The third-order valence-corrected chi connectivity index (χ3v) is 3.96. The van der Waals surface area contributed by atoms with Crippen LogP contribution in [-0.2, 0) is 11.3 Å². The minimum atomic E-state index is 0.132. The number of likely N-dealkylation sites (tertiary alicyclic amines) is 1. The predicted molar refractivity (Wildman–Crippen MR) is 81.6 cm³/mol. The van der Waals surface area contributed by atoms with Gasteiger partial charge in [-0.15, -0.1) is 0 Å². The lowest BCUT2D eigenvalue weighted by molar-refractivity contribution is 0.0957. The molecule has 0 bridgehead atoms. The Bertz CT molecular complexity index is 584. The summed E-state index contributed by atoms with van der Waals surface area (Å²) in [6, 6.07) is 0. The van der Waals surface area contributed by atoms with Crippen molar-refractivity contribution in [3.8, 4) is 0 Å². The fraction of sp³-hybridized carbons (Fsp3) is 0.571. The highest BCUT2D eigenvalue weighted by molar-refractivity contribution is 5.26. The van der Waals surface area contributed by atoms with E-state index in [1.807, 2.05) is 31.4 Å². The molecule has 1 aliphatic rings. The van der Waals surface area contributed by atoms with Crippen LogP contribution >= 0.6 is 0 Å². The summed E-state index contributed by atoms with van der Waals surface area (Å²) in [7, 11) is 5.61. The Balaban J connectivity index is 1.66. The third-order valence-electron chi connectivity index (χ3n) is 3.96. The van der Waals surface area contributed by atoms with Crippen LogP contribution in [0.5, 0.6) is 0 Å². The van der Waals surface area contributed by atoms with E-state index in [2.05, 4.69) is 30.3 Å². The van der Waals surface area contributed by atoms with Gasteiger partial charge >= 0.3 is 0 Å². The Morgan fingerprint density at radius 3 is 2.64 bits per heavy atom. The van der Waals surface area contributed by atoms with Gasteiger partial charge in [0.2, 0.25) is 5.95 Å². The van der Waals surface area contributed by atoms with Crippen molar-refractivity contribution in [2.45, 2.75) is 18.6 Å². The molecule has 2 aromatic heterocycles. The lowest BCUT2D eigenvalue weighted by Gasteiger charge is -2.15. The third kappa shape index (κ3) is 3.07. The number of H-pyrrole nitrogens is 1. The van der Waals surface area contributed by atoms with E-state index in [4.69, 9.17) is 4.74 Å². The molecule has 8 nitrogen and oxygen atoms in total. The molecule has 1 saturated heterocycles. The number of aromatic nitrogens is 5. The number of anilines is 1. The first kappa shape index (κ1) is 14.9. The molecule has 0 unspecified atom stereocenters. The maximum absolute atomic E-state index is 5.60. The molecule has 22 heavy (non-hydrogen) atoms. The SMILES string of the molecule is CO[C@@H]1CN(Cc2cnc(N(C)C)nc2)C[C@H]1c1cn[nH]n1. The Labute approximate surface area is 129 Å². The molecule has 2 atom stereocenters. The van der Waals surface area contributed by atoms with Crippen molar-refractivity contribution >= 4 is 5.95 Å². The lowest BCUT2D eigenvalue weighted by Crippen LogP contribution is -2.23. The number of hydrogen-bond donors (Lipinski definition) is 1. The van der Waals surface area contributed by atoms with Gasteiger partial charge in [-0.25, -0.2) is 9.97 Å². The quantitative estimate of drug-likeness (QED) is 0.849. The topological polar surface area (TPSA) is 83.1 Å². The number of methoxy groups -OCH3 is 1. The number of nitrogens with zero attached hydrogens (tertiary/aromatic N) is 6. The molecule has 2 aromatic rings. The molecule has 0 spiro atoms. The lowest BCUT2D eigenvalue weighted by atomic mass is 10.0. The van der Waals surface area contributed by atoms with Crippen LogP contribution in [0.2, 0.25) is 0 Å². The maximum atomic E-state index is 5.60. The van der Waals surface area contributed by atoms with E-state index in [0.29, 0.717) is 0 Å². The fourth-order valence-corrected chi connectivity index (χ4v) is 2.81. The van der Waals surface area contributed by atoms with Gasteiger partial charge in [0.1, 0.15) is 0 Å².